The average molecular weight is 400 g/mol. The standard InChI is InChI=1S/C15H17Cl3O4S/c16-11-8-12(17)15(13(18)9-11)22-23(20,21)7-6-14(19)10-4-2-1-3-5-10/h8-10H,1-7H2. The number of carbonyl (C=O) groups is 1. The second-order valence-electron chi connectivity index (χ2n) is 5.59. The summed E-state index contributed by atoms with van der Waals surface area (Å²) in [5.74, 6) is -0.605. The maximum atomic E-state index is 12.1. The van der Waals surface area contributed by atoms with Crippen LogP contribution in [0.25, 0.3) is 0 Å². The maximum absolute atomic E-state index is 12.1. The molecule has 0 unspecified atom stereocenters. The molecule has 1 aromatic rings. The van der Waals surface area contributed by atoms with Crippen molar-refractivity contribution in [3.8, 4) is 5.75 Å². The molecule has 1 aliphatic carbocycles. The van der Waals surface area contributed by atoms with E-state index in [-0.39, 0.29) is 38.9 Å². The van der Waals surface area contributed by atoms with Crippen molar-refractivity contribution >= 4 is 50.7 Å². The number of benzene rings is 1. The van der Waals surface area contributed by atoms with Gasteiger partial charge in [0, 0.05) is 17.4 Å². The van der Waals surface area contributed by atoms with Crippen molar-refractivity contribution in [2.24, 2.45) is 5.92 Å². The van der Waals surface area contributed by atoms with E-state index in [1.807, 2.05) is 0 Å². The molecule has 0 saturated heterocycles. The smallest absolute Gasteiger partial charge is 0.309 e. The summed E-state index contributed by atoms with van der Waals surface area (Å²) in [6, 6.07) is 2.68. The molecule has 0 heterocycles. The fourth-order valence-corrected chi connectivity index (χ4v) is 4.59. The van der Waals surface area contributed by atoms with E-state index in [9.17, 15) is 13.2 Å². The number of ketones is 1. The quantitative estimate of drug-likeness (QED) is 0.639. The Morgan fingerprint density at radius 2 is 1.65 bits per heavy atom. The van der Waals surface area contributed by atoms with Crippen LogP contribution >= 0.6 is 34.8 Å². The summed E-state index contributed by atoms with van der Waals surface area (Å²) in [5.41, 5.74) is 0. The normalized spacial score (nSPS) is 16.3. The Morgan fingerprint density at radius 3 is 2.22 bits per heavy atom. The van der Waals surface area contributed by atoms with Gasteiger partial charge in [-0.1, -0.05) is 54.1 Å². The Morgan fingerprint density at radius 1 is 1.09 bits per heavy atom. The van der Waals surface area contributed by atoms with Crippen LogP contribution in [0.3, 0.4) is 0 Å². The molecular weight excluding hydrogens is 383 g/mol. The van der Waals surface area contributed by atoms with Crippen molar-refractivity contribution in [1.29, 1.82) is 0 Å². The highest BCUT2D eigenvalue weighted by molar-refractivity contribution is 7.87. The third kappa shape index (κ3) is 5.52. The predicted molar refractivity (Wildman–Crippen MR) is 92.1 cm³/mol. The van der Waals surface area contributed by atoms with E-state index in [4.69, 9.17) is 39.0 Å². The maximum Gasteiger partial charge on any atom is 0.309 e. The molecule has 8 heteroatoms. The van der Waals surface area contributed by atoms with E-state index in [0.29, 0.717) is 0 Å². The van der Waals surface area contributed by atoms with Gasteiger partial charge in [-0.15, -0.1) is 0 Å². The molecular formula is C15H17Cl3O4S. The van der Waals surface area contributed by atoms with Crippen molar-refractivity contribution in [3.05, 3.63) is 27.2 Å². The summed E-state index contributed by atoms with van der Waals surface area (Å²) in [4.78, 5) is 12.1. The lowest BCUT2D eigenvalue weighted by Crippen LogP contribution is -2.22. The van der Waals surface area contributed by atoms with Crippen LogP contribution in [0.4, 0.5) is 0 Å². The van der Waals surface area contributed by atoms with Gasteiger partial charge in [-0.05, 0) is 25.0 Å². The molecule has 1 aliphatic rings. The SMILES string of the molecule is O=C(CCS(=O)(=O)Oc1c(Cl)cc(Cl)cc1Cl)C1CCCCC1. The van der Waals surface area contributed by atoms with E-state index in [1.165, 1.54) is 12.1 Å². The van der Waals surface area contributed by atoms with Crippen molar-refractivity contribution in [3.63, 3.8) is 0 Å². The van der Waals surface area contributed by atoms with Crippen molar-refractivity contribution in [1.82, 2.24) is 0 Å². The Hall–Kier alpha value is -0.490. The lowest BCUT2D eigenvalue weighted by atomic mass is 9.85. The zero-order valence-electron chi connectivity index (χ0n) is 12.4. The summed E-state index contributed by atoms with van der Waals surface area (Å²) >= 11 is 17.6. The van der Waals surface area contributed by atoms with E-state index < -0.39 is 15.9 Å². The van der Waals surface area contributed by atoms with Crippen molar-refractivity contribution in [2.45, 2.75) is 38.5 Å². The highest BCUT2D eigenvalue weighted by Gasteiger charge is 2.24. The molecule has 0 atom stereocenters. The van der Waals surface area contributed by atoms with E-state index >= 15 is 0 Å². The predicted octanol–water partition coefficient (Wildman–Crippen LogP) is 4.89. The minimum absolute atomic E-state index is 0.00434. The first-order chi connectivity index (χ1) is 10.8. The van der Waals surface area contributed by atoms with Gasteiger partial charge in [-0.25, -0.2) is 0 Å². The Labute approximate surface area is 151 Å². The van der Waals surface area contributed by atoms with Gasteiger partial charge < -0.3 is 4.18 Å². The van der Waals surface area contributed by atoms with Crippen molar-refractivity contribution in [2.75, 3.05) is 5.75 Å². The zero-order chi connectivity index (χ0) is 17.0. The summed E-state index contributed by atoms with van der Waals surface area (Å²) < 4.78 is 29.1. The van der Waals surface area contributed by atoms with Crippen LogP contribution in [0, 0.1) is 5.92 Å². The fraction of sp³-hybridized carbons (Fsp3) is 0.533. The molecule has 1 saturated carbocycles. The molecule has 0 N–H and O–H groups in total. The third-order valence-electron chi connectivity index (χ3n) is 3.83. The molecule has 0 amide bonds. The van der Waals surface area contributed by atoms with Crippen molar-refractivity contribution < 1.29 is 17.4 Å². The van der Waals surface area contributed by atoms with Crippen LogP contribution in [0.15, 0.2) is 12.1 Å². The number of rotatable bonds is 6. The van der Waals surface area contributed by atoms with Crippen LogP contribution in [0.2, 0.25) is 15.1 Å². The number of halogens is 3. The average Bonchev–Trinajstić information content (AvgIpc) is 2.49. The van der Waals surface area contributed by atoms with Gasteiger partial charge in [0.1, 0.15) is 5.78 Å². The van der Waals surface area contributed by atoms with Crippen LogP contribution < -0.4 is 4.18 Å². The second kappa shape index (κ2) is 8.06. The largest absolute Gasteiger partial charge is 0.379 e. The molecule has 1 fully saturated rings. The summed E-state index contributed by atoms with van der Waals surface area (Å²) in [6.45, 7) is 0. The lowest BCUT2D eigenvalue weighted by Gasteiger charge is -2.20. The van der Waals surface area contributed by atoms with Gasteiger partial charge in [0.05, 0.1) is 15.8 Å². The van der Waals surface area contributed by atoms with Gasteiger partial charge in [-0.3, -0.25) is 4.79 Å². The molecule has 128 valence electrons. The van der Waals surface area contributed by atoms with E-state index in [0.717, 1.165) is 32.1 Å². The lowest BCUT2D eigenvalue weighted by molar-refractivity contribution is -0.123. The fourth-order valence-electron chi connectivity index (χ4n) is 2.63. The Bertz CT molecular complexity index is 659. The highest BCUT2D eigenvalue weighted by atomic mass is 35.5. The Balaban J connectivity index is 1.98. The summed E-state index contributed by atoms with van der Waals surface area (Å²) in [6.07, 6.45) is 4.81. The van der Waals surface area contributed by atoms with Gasteiger partial charge in [0.25, 0.3) is 0 Å². The molecule has 0 spiro atoms. The molecule has 0 aromatic heterocycles. The first-order valence-electron chi connectivity index (χ1n) is 7.38. The molecule has 0 radical (unpaired) electrons. The topological polar surface area (TPSA) is 60.4 Å². The molecule has 4 nitrogen and oxygen atoms in total. The molecule has 0 bridgehead atoms. The molecule has 23 heavy (non-hydrogen) atoms. The van der Waals surface area contributed by atoms with Crippen LogP contribution in [0.5, 0.6) is 5.75 Å². The molecule has 0 aliphatic heterocycles. The third-order valence-corrected chi connectivity index (χ3v) is 5.74. The van der Waals surface area contributed by atoms with E-state index in [1.54, 1.807) is 0 Å². The molecule has 1 aromatic carbocycles. The van der Waals surface area contributed by atoms with Gasteiger partial charge >= 0.3 is 10.1 Å². The number of Topliss-reactive ketones (excluding diaryl/α,β-unsaturated/α-hetero) is 1. The summed E-state index contributed by atoms with van der Waals surface area (Å²) in [5, 5.41) is 0.284. The number of hydrogen-bond acceptors (Lipinski definition) is 4. The summed E-state index contributed by atoms with van der Waals surface area (Å²) in [7, 11) is -3.96. The monoisotopic (exact) mass is 398 g/mol. The molecule has 2 rings (SSSR count). The van der Waals surface area contributed by atoms with Gasteiger partial charge in [-0.2, -0.15) is 8.42 Å². The number of hydrogen-bond donors (Lipinski definition) is 0. The van der Waals surface area contributed by atoms with Crippen LogP contribution in [-0.2, 0) is 14.9 Å². The number of carbonyl (C=O) groups excluding carboxylic acids is 1. The van der Waals surface area contributed by atoms with Gasteiger partial charge in [0.15, 0.2) is 5.75 Å². The van der Waals surface area contributed by atoms with Crippen LogP contribution in [0.1, 0.15) is 38.5 Å². The zero-order valence-corrected chi connectivity index (χ0v) is 15.4. The Kier molecular flexibility index (Phi) is 6.60. The van der Waals surface area contributed by atoms with Gasteiger partial charge in [0.2, 0.25) is 0 Å². The minimum atomic E-state index is -3.96. The first kappa shape index (κ1) is 18.8. The first-order valence-corrected chi connectivity index (χ1v) is 10.1. The highest BCUT2D eigenvalue weighted by Crippen LogP contribution is 2.36. The van der Waals surface area contributed by atoms with Crippen LogP contribution in [-0.4, -0.2) is 20.0 Å². The minimum Gasteiger partial charge on any atom is -0.379 e. The second-order valence-corrected chi connectivity index (χ2v) is 8.54. The van der Waals surface area contributed by atoms with E-state index in [2.05, 4.69) is 0 Å².